The Kier molecular flexibility index (Phi) is 6.11. The summed E-state index contributed by atoms with van der Waals surface area (Å²) in [5.74, 6) is 0.168. The van der Waals surface area contributed by atoms with Crippen LogP contribution in [0.2, 0.25) is 0 Å². The Hall–Kier alpha value is -1.11. The van der Waals surface area contributed by atoms with Gasteiger partial charge < -0.3 is 15.7 Å². The van der Waals surface area contributed by atoms with Gasteiger partial charge in [0.15, 0.2) is 0 Å². The van der Waals surface area contributed by atoms with E-state index in [1.807, 2.05) is 0 Å². The summed E-state index contributed by atoms with van der Waals surface area (Å²) in [4.78, 5) is 11.6. The predicted molar refractivity (Wildman–Crippen MR) is 70.1 cm³/mol. The van der Waals surface area contributed by atoms with Crippen LogP contribution in [0.25, 0.3) is 0 Å². The number of hydrogen-bond acceptors (Lipinski definition) is 4. The number of aromatic nitrogens is 2. The third-order valence-electron chi connectivity index (χ3n) is 2.96. The SMILES string of the molecule is Cl.O=C(NCCO)c1cc(C2CCCNC2)[nH]n1. The van der Waals surface area contributed by atoms with E-state index in [2.05, 4.69) is 20.8 Å². The van der Waals surface area contributed by atoms with Crippen molar-refractivity contribution < 1.29 is 9.90 Å². The van der Waals surface area contributed by atoms with E-state index in [4.69, 9.17) is 5.11 Å². The van der Waals surface area contributed by atoms with Crippen LogP contribution in [-0.2, 0) is 0 Å². The van der Waals surface area contributed by atoms with Crippen LogP contribution in [0.3, 0.4) is 0 Å². The Labute approximate surface area is 112 Å². The van der Waals surface area contributed by atoms with E-state index in [-0.39, 0.29) is 31.5 Å². The maximum Gasteiger partial charge on any atom is 0.271 e. The lowest BCUT2D eigenvalue weighted by molar-refractivity contribution is 0.0940. The number of aromatic amines is 1. The molecule has 1 saturated heterocycles. The van der Waals surface area contributed by atoms with Gasteiger partial charge in [0, 0.05) is 24.7 Å². The summed E-state index contributed by atoms with van der Waals surface area (Å²) in [7, 11) is 0. The molecule has 6 nitrogen and oxygen atoms in total. The first-order chi connectivity index (χ1) is 8.31. The highest BCUT2D eigenvalue weighted by Crippen LogP contribution is 2.21. The number of H-pyrrole nitrogens is 1. The van der Waals surface area contributed by atoms with Crippen LogP contribution < -0.4 is 10.6 Å². The van der Waals surface area contributed by atoms with Gasteiger partial charge in [0.05, 0.1) is 6.61 Å². The summed E-state index contributed by atoms with van der Waals surface area (Å²) in [5.41, 5.74) is 1.39. The molecule has 0 saturated carbocycles. The second-order valence-corrected chi connectivity index (χ2v) is 4.23. The van der Waals surface area contributed by atoms with Crippen molar-refractivity contribution in [2.75, 3.05) is 26.2 Å². The summed E-state index contributed by atoms with van der Waals surface area (Å²) < 4.78 is 0. The van der Waals surface area contributed by atoms with Gasteiger partial charge in [-0.2, -0.15) is 5.10 Å². The van der Waals surface area contributed by atoms with Crippen molar-refractivity contribution in [3.05, 3.63) is 17.5 Å². The van der Waals surface area contributed by atoms with E-state index in [0.717, 1.165) is 31.6 Å². The van der Waals surface area contributed by atoms with Crippen LogP contribution in [0.1, 0.15) is 34.9 Å². The topological polar surface area (TPSA) is 90.0 Å². The fraction of sp³-hybridized carbons (Fsp3) is 0.636. The Balaban J connectivity index is 0.00000162. The number of nitrogens with zero attached hydrogens (tertiary/aromatic N) is 1. The van der Waals surface area contributed by atoms with E-state index in [0.29, 0.717) is 11.6 Å². The molecule has 1 unspecified atom stereocenters. The molecule has 0 spiro atoms. The highest BCUT2D eigenvalue weighted by Gasteiger charge is 2.19. The first-order valence-corrected chi connectivity index (χ1v) is 5.96. The Morgan fingerprint density at radius 1 is 1.61 bits per heavy atom. The van der Waals surface area contributed by atoms with Gasteiger partial charge in [-0.3, -0.25) is 9.89 Å². The van der Waals surface area contributed by atoms with Crippen LogP contribution in [0, 0.1) is 0 Å². The van der Waals surface area contributed by atoms with Gasteiger partial charge in [-0.25, -0.2) is 0 Å². The van der Waals surface area contributed by atoms with Crippen LogP contribution in [0.15, 0.2) is 6.07 Å². The molecule has 0 bridgehead atoms. The van der Waals surface area contributed by atoms with Crippen LogP contribution in [0.4, 0.5) is 0 Å². The number of nitrogens with one attached hydrogen (secondary N) is 3. The monoisotopic (exact) mass is 274 g/mol. The average Bonchev–Trinajstić information content (AvgIpc) is 2.86. The number of hydrogen-bond donors (Lipinski definition) is 4. The largest absolute Gasteiger partial charge is 0.395 e. The molecule has 7 heteroatoms. The van der Waals surface area contributed by atoms with Crippen molar-refractivity contribution in [1.82, 2.24) is 20.8 Å². The third kappa shape index (κ3) is 3.69. The molecule has 1 aromatic rings. The number of carbonyl (C=O) groups excluding carboxylic acids is 1. The molecule has 1 aromatic heterocycles. The number of amides is 1. The first kappa shape index (κ1) is 14.9. The normalized spacial score (nSPS) is 19.1. The lowest BCUT2D eigenvalue weighted by Crippen LogP contribution is -2.28. The van der Waals surface area contributed by atoms with Crippen LogP contribution in [0.5, 0.6) is 0 Å². The average molecular weight is 275 g/mol. The van der Waals surface area contributed by atoms with Crippen molar-refractivity contribution in [1.29, 1.82) is 0 Å². The van der Waals surface area contributed by atoms with Gasteiger partial charge in [0.25, 0.3) is 5.91 Å². The summed E-state index contributed by atoms with van der Waals surface area (Å²) in [6.07, 6.45) is 2.27. The highest BCUT2D eigenvalue weighted by atomic mass is 35.5. The van der Waals surface area contributed by atoms with E-state index >= 15 is 0 Å². The molecule has 4 N–H and O–H groups in total. The zero-order chi connectivity index (χ0) is 12.1. The van der Waals surface area contributed by atoms with E-state index in [9.17, 15) is 4.79 Å². The highest BCUT2D eigenvalue weighted by molar-refractivity contribution is 5.92. The molecule has 102 valence electrons. The van der Waals surface area contributed by atoms with Crippen molar-refractivity contribution in [2.24, 2.45) is 0 Å². The van der Waals surface area contributed by atoms with Crippen molar-refractivity contribution in [2.45, 2.75) is 18.8 Å². The van der Waals surface area contributed by atoms with E-state index in [1.54, 1.807) is 6.07 Å². The molecule has 2 rings (SSSR count). The molecule has 0 aliphatic carbocycles. The first-order valence-electron chi connectivity index (χ1n) is 5.96. The number of rotatable bonds is 4. The molecule has 1 aliphatic heterocycles. The predicted octanol–water partition coefficient (Wildman–Crippen LogP) is 0.0206. The lowest BCUT2D eigenvalue weighted by atomic mass is 9.96. The lowest BCUT2D eigenvalue weighted by Gasteiger charge is -2.21. The summed E-state index contributed by atoms with van der Waals surface area (Å²) in [5, 5.41) is 21.4. The zero-order valence-corrected chi connectivity index (χ0v) is 10.9. The van der Waals surface area contributed by atoms with Crippen LogP contribution in [-0.4, -0.2) is 47.5 Å². The van der Waals surface area contributed by atoms with Gasteiger partial charge >= 0.3 is 0 Å². The molecular formula is C11H19ClN4O2. The van der Waals surface area contributed by atoms with E-state index in [1.165, 1.54) is 0 Å². The molecule has 0 aromatic carbocycles. The molecular weight excluding hydrogens is 256 g/mol. The summed E-state index contributed by atoms with van der Waals surface area (Å²) in [6, 6.07) is 1.80. The zero-order valence-electron chi connectivity index (χ0n) is 10.1. The minimum atomic E-state index is -0.245. The van der Waals surface area contributed by atoms with Gasteiger partial charge in [-0.05, 0) is 25.5 Å². The summed E-state index contributed by atoms with van der Waals surface area (Å²) >= 11 is 0. The van der Waals surface area contributed by atoms with Crippen molar-refractivity contribution >= 4 is 18.3 Å². The number of carbonyl (C=O) groups is 1. The number of halogens is 1. The van der Waals surface area contributed by atoms with Crippen molar-refractivity contribution in [3.63, 3.8) is 0 Å². The second kappa shape index (κ2) is 7.35. The second-order valence-electron chi connectivity index (χ2n) is 4.23. The standard InChI is InChI=1S/C11H18N4O2.ClH/c16-5-4-13-11(17)10-6-9(14-15-10)8-2-1-3-12-7-8;/h6,8,12,16H,1-5,7H2,(H,13,17)(H,14,15);1H. The number of piperidine rings is 1. The number of aliphatic hydroxyl groups is 1. The van der Waals surface area contributed by atoms with Crippen molar-refractivity contribution in [3.8, 4) is 0 Å². The number of aliphatic hydroxyl groups excluding tert-OH is 1. The Morgan fingerprint density at radius 3 is 3.11 bits per heavy atom. The molecule has 1 amide bonds. The van der Waals surface area contributed by atoms with E-state index < -0.39 is 0 Å². The van der Waals surface area contributed by atoms with Gasteiger partial charge in [0.1, 0.15) is 5.69 Å². The fourth-order valence-electron chi connectivity index (χ4n) is 2.04. The molecule has 1 fully saturated rings. The molecule has 2 heterocycles. The fourth-order valence-corrected chi connectivity index (χ4v) is 2.04. The summed E-state index contributed by atoms with van der Waals surface area (Å²) in [6.45, 7) is 2.19. The molecule has 18 heavy (non-hydrogen) atoms. The van der Waals surface area contributed by atoms with Gasteiger partial charge in [-0.1, -0.05) is 0 Å². The van der Waals surface area contributed by atoms with Gasteiger partial charge in [-0.15, -0.1) is 12.4 Å². The Bertz CT molecular complexity index is 377. The minimum absolute atomic E-state index is 0. The molecule has 1 atom stereocenters. The minimum Gasteiger partial charge on any atom is -0.395 e. The Morgan fingerprint density at radius 2 is 2.44 bits per heavy atom. The molecule has 0 radical (unpaired) electrons. The van der Waals surface area contributed by atoms with Gasteiger partial charge in [0.2, 0.25) is 0 Å². The third-order valence-corrected chi connectivity index (χ3v) is 2.96. The maximum absolute atomic E-state index is 11.6. The maximum atomic E-state index is 11.6. The quantitative estimate of drug-likeness (QED) is 0.623. The smallest absolute Gasteiger partial charge is 0.271 e. The van der Waals surface area contributed by atoms with Crippen LogP contribution >= 0.6 is 12.4 Å². The molecule has 1 aliphatic rings.